The number of halogens is 1. The highest BCUT2D eigenvalue weighted by Gasteiger charge is 2.02. The maximum atomic E-state index is 11.2. The summed E-state index contributed by atoms with van der Waals surface area (Å²) >= 11 is 3.36. The Morgan fingerprint density at radius 2 is 2.33 bits per heavy atom. The van der Waals surface area contributed by atoms with Crippen LogP contribution in [0.5, 0.6) is 0 Å². The van der Waals surface area contributed by atoms with Crippen molar-refractivity contribution < 1.29 is 9.53 Å². The summed E-state index contributed by atoms with van der Waals surface area (Å²) in [7, 11) is 1.81. The molecule has 4 heteroatoms. The standard InChI is InChI=1S/C11H14BrNO2/c1-13-6-5-11(14)15-8-9-3-2-4-10(12)7-9/h2-4,7,13H,5-6,8H2,1H3. The highest BCUT2D eigenvalue weighted by Crippen LogP contribution is 2.12. The van der Waals surface area contributed by atoms with Crippen LogP contribution in [-0.2, 0) is 16.1 Å². The van der Waals surface area contributed by atoms with E-state index in [0.29, 0.717) is 19.6 Å². The molecule has 1 N–H and O–H groups in total. The van der Waals surface area contributed by atoms with Gasteiger partial charge >= 0.3 is 5.97 Å². The van der Waals surface area contributed by atoms with E-state index in [0.717, 1.165) is 10.0 Å². The molecule has 1 rings (SSSR count). The molecule has 0 aliphatic heterocycles. The van der Waals surface area contributed by atoms with Gasteiger partial charge in [0.1, 0.15) is 6.61 Å². The van der Waals surface area contributed by atoms with Gasteiger partial charge in [-0.3, -0.25) is 4.79 Å². The lowest BCUT2D eigenvalue weighted by molar-refractivity contribution is -0.144. The first kappa shape index (κ1) is 12.2. The van der Waals surface area contributed by atoms with Crippen molar-refractivity contribution in [2.75, 3.05) is 13.6 Å². The molecule has 0 fully saturated rings. The first-order valence-electron chi connectivity index (χ1n) is 4.77. The summed E-state index contributed by atoms with van der Waals surface area (Å²) < 4.78 is 6.08. The van der Waals surface area contributed by atoms with Crippen molar-refractivity contribution in [1.29, 1.82) is 0 Å². The lowest BCUT2D eigenvalue weighted by Gasteiger charge is -2.04. The SMILES string of the molecule is CNCCC(=O)OCc1cccc(Br)c1. The minimum Gasteiger partial charge on any atom is -0.461 e. The molecule has 0 atom stereocenters. The van der Waals surface area contributed by atoms with Gasteiger partial charge in [-0.1, -0.05) is 28.1 Å². The topological polar surface area (TPSA) is 38.3 Å². The quantitative estimate of drug-likeness (QED) is 0.834. The highest BCUT2D eigenvalue weighted by atomic mass is 79.9. The number of hydrogen-bond donors (Lipinski definition) is 1. The molecule has 0 spiro atoms. The van der Waals surface area contributed by atoms with Crippen LogP contribution >= 0.6 is 15.9 Å². The molecule has 0 aliphatic carbocycles. The fraction of sp³-hybridized carbons (Fsp3) is 0.364. The number of hydrogen-bond acceptors (Lipinski definition) is 3. The van der Waals surface area contributed by atoms with Gasteiger partial charge < -0.3 is 10.1 Å². The smallest absolute Gasteiger partial charge is 0.307 e. The molecule has 0 amide bonds. The Morgan fingerprint density at radius 1 is 1.53 bits per heavy atom. The second kappa shape index (κ2) is 6.58. The molecule has 0 saturated carbocycles. The number of nitrogens with one attached hydrogen (secondary N) is 1. The third-order valence-corrected chi connectivity index (χ3v) is 2.36. The molecule has 0 saturated heterocycles. The molecular formula is C11H14BrNO2. The van der Waals surface area contributed by atoms with E-state index >= 15 is 0 Å². The van der Waals surface area contributed by atoms with Crippen molar-refractivity contribution in [1.82, 2.24) is 5.32 Å². The van der Waals surface area contributed by atoms with Gasteiger partial charge in [0.2, 0.25) is 0 Å². The normalized spacial score (nSPS) is 10.0. The summed E-state index contributed by atoms with van der Waals surface area (Å²) in [6.07, 6.45) is 0.407. The van der Waals surface area contributed by atoms with Gasteiger partial charge in [-0.25, -0.2) is 0 Å². The summed E-state index contributed by atoms with van der Waals surface area (Å²) in [5.74, 6) is -0.177. The summed E-state index contributed by atoms with van der Waals surface area (Å²) in [4.78, 5) is 11.2. The number of rotatable bonds is 5. The first-order chi connectivity index (χ1) is 7.22. The zero-order valence-electron chi connectivity index (χ0n) is 8.63. The number of benzene rings is 1. The molecule has 0 aromatic heterocycles. The van der Waals surface area contributed by atoms with Crippen molar-refractivity contribution in [3.63, 3.8) is 0 Å². The molecule has 82 valence electrons. The molecular weight excluding hydrogens is 258 g/mol. The molecule has 0 heterocycles. The fourth-order valence-electron chi connectivity index (χ4n) is 1.09. The molecule has 15 heavy (non-hydrogen) atoms. The van der Waals surface area contributed by atoms with Crippen molar-refractivity contribution in [2.45, 2.75) is 13.0 Å². The van der Waals surface area contributed by atoms with Crippen LogP contribution < -0.4 is 5.32 Å². The summed E-state index contributed by atoms with van der Waals surface area (Å²) in [6, 6.07) is 7.72. The largest absolute Gasteiger partial charge is 0.461 e. The van der Waals surface area contributed by atoms with E-state index in [2.05, 4.69) is 21.2 Å². The van der Waals surface area contributed by atoms with Gasteiger partial charge in [0, 0.05) is 11.0 Å². The van der Waals surface area contributed by atoms with E-state index in [-0.39, 0.29) is 5.97 Å². The van der Waals surface area contributed by atoms with Gasteiger partial charge in [0.05, 0.1) is 6.42 Å². The number of esters is 1. The maximum absolute atomic E-state index is 11.2. The fourth-order valence-corrected chi connectivity index (χ4v) is 1.54. The van der Waals surface area contributed by atoms with Crippen LogP contribution in [0.2, 0.25) is 0 Å². The van der Waals surface area contributed by atoms with Crippen LogP contribution in [0.25, 0.3) is 0 Å². The molecule has 0 aliphatic rings. The van der Waals surface area contributed by atoms with Crippen LogP contribution in [0, 0.1) is 0 Å². The van der Waals surface area contributed by atoms with Crippen LogP contribution in [0.4, 0.5) is 0 Å². The Balaban J connectivity index is 2.33. The number of ether oxygens (including phenoxy) is 1. The summed E-state index contributed by atoms with van der Waals surface area (Å²) in [6.45, 7) is 0.985. The third-order valence-electron chi connectivity index (χ3n) is 1.87. The Morgan fingerprint density at radius 3 is 3.00 bits per heavy atom. The number of carbonyl (C=O) groups is 1. The Hall–Kier alpha value is -0.870. The predicted octanol–water partition coefficient (Wildman–Crippen LogP) is 2.10. The van der Waals surface area contributed by atoms with Crippen LogP contribution in [0.1, 0.15) is 12.0 Å². The minimum absolute atomic E-state index is 0.177. The van der Waals surface area contributed by atoms with Crippen LogP contribution in [0.15, 0.2) is 28.7 Å². The summed E-state index contributed by atoms with van der Waals surface area (Å²) in [5.41, 5.74) is 0.988. The van der Waals surface area contributed by atoms with E-state index in [1.165, 1.54) is 0 Å². The summed E-state index contributed by atoms with van der Waals surface area (Å²) in [5, 5.41) is 2.90. The van der Waals surface area contributed by atoms with E-state index < -0.39 is 0 Å². The third kappa shape index (κ3) is 4.95. The molecule has 3 nitrogen and oxygen atoms in total. The Bertz CT molecular complexity index is 328. The maximum Gasteiger partial charge on any atom is 0.307 e. The van der Waals surface area contributed by atoms with Crippen LogP contribution in [-0.4, -0.2) is 19.6 Å². The first-order valence-corrected chi connectivity index (χ1v) is 5.56. The minimum atomic E-state index is -0.177. The zero-order valence-corrected chi connectivity index (χ0v) is 10.2. The van der Waals surface area contributed by atoms with Crippen molar-refractivity contribution >= 4 is 21.9 Å². The van der Waals surface area contributed by atoms with Crippen molar-refractivity contribution in [3.8, 4) is 0 Å². The van der Waals surface area contributed by atoms with Gasteiger partial charge in [-0.2, -0.15) is 0 Å². The average Bonchev–Trinajstić information content (AvgIpc) is 2.23. The lowest BCUT2D eigenvalue weighted by Crippen LogP contribution is -2.14. The van der Waals surface area contributed by atoms with Gasteiger partial charge in [-0.05, 0) is 24.7 Å². The lowest BCUT2D eigenvalue weighted by atomic mass is 10.2. The van der Waals surface area contributed by atoms with E-state index in [1.54, 1.807) is 0 Å². The molecule has 0 bridgehead atoms. The predicted molar refractivity (Wildman–Crippen MR) is 62.5 cm³/mol. The van der Waals surface area contributed by atoms with Gasteiger partial charge in [0.25, 0.3) is 0 Å². The Labute approximate surface area is 97.9 Å². The Kier molecular flexibility index (Phi) is 5.36. The molecule has 1 aromatic carbocycles. The molecule has 0 radical (unpaired) electrons. The monoisotopic (exact) mass is 271 g/mol. The van der Waals surface area contributed by atoms with Crippen molar-refractivity contribution in [3.05, 3.63) is 34.3 Å². The van der Waals surface area contributed by atoms with E-state index in [1.807, 2.05) is 31.3 Å². The van der Waals surface area contributed by atoms with Crippen molar-refractivity contribution in [2.24, 2.45) is 0 Å². The molecule has 0 unspecified atom stereocenters. The average molecular weight is 272 g/mol. The van der Waals surface area contributed by atoms with Gasteiger partial charge in [-0.15, -0.1) is 0 Å². The zero-order chi connectivity index (χ0) is 11.1. The van der Waals surface area contributed by atoms with E-state index in [4.69, 9.17) is 4.74 Å². The second-order valence-corrected chi connectivity index (χ2v) is 4.06. The second-order valence-electron chi connectivity index (χ2n) is 3.14. The van der Waals surface area contributed by atoms with E-state index in [9.17, 15) is 4.79 Å². The van der Waals surface area contributed by atoms with Gasteiger partial charge in [0.15, 0.2) is 0 Å². The number of carbonyl (C=O) groups excluding carboxylic acids is 1. The highest BCUT2D eigenvalue weighted by molar-refractivity contribution is 9.10. The van der Waals surface area contributed by atoms with Crippen LogP contribution in [0.3, 0.4) is 0 Å². The molecule has 1 aromatic rings.